The third-order valence-electron chi connectivity index (χ3n) is 3.59. The fourth-order valence-corrected chi connectivity index (χ4v) is 2.49. The molecule has 0 spiro atoms. The summed E-state index contributed by atoms with van der Waals surface area (Å²) in [5, 5.41) is 8.67. The lowest BCUT2D eigenvalue weighted by Crippen LogP contribution is -2.47. The average Bonchev–Trinajstić information content (AvgIpc) is 2.45. The van der Waals surface area contributed by atoms with E-state index in [9.17, 15) is 14.0 Å². The number of carboxylic acids is 1. The molecule has 1 aromatic rings. The number of nitrogens with two attached hydrogens (primary N) is 1. The first kappa shape index (κ1) is 15.2. The molecule has 1 aliphatic rings. The fraction of sp³-hybridized carbons (Fsp3) is 0.429. The normalized spacial score (nSPS) is 16.0. The molecule has 1 amide bonds. The Morgan fingerprint density at radius 3 is 2.48 bits per heavy atom. The van der Waals surface area contributed by atoms with Crippen molar-refractivity contribution in [2.75, 3.05) is 37.6 Å². The number of amides is 1. The standard InChI is InChI=1S/C14H18FN3O3/c15-10-2-1-3-11(13(10)14(16)21)18-8-6-17(7-9-18)5-4-12(19)20/h1-3H,4-9H2,(H2,16,21)(H,19,20). The van der Waals surface area contributed by atoms with Crippen LogP contribution in [0.2, 0.25) is 0 Å². The van der Waals surface area contributed by atoms with E-state index in [4.69, 9.17) is 10.8 Å². The molecular formula is C14H18FN3O3. The van der Waals surface area contributed by atoms with Crippen molar-refractivity contribution in [3.8, 4) is 0 Å². The lowest BCUT2D eigenvalue weighted by molar-refractivity contribution is -0.137. The summed E-state index contributed by atoms with van der Waals surface area (Å²) in [5.41, 5.74) is 5.66. The second kappa shape index (κ2) is 6.53. The topological polar surface area (TPSA) is 86.9 Å². The van der Waals surface area contributed by atoms with E-state index in [-0.39, 0.29) is 12.0 Å². The first-order valence-corrected chi connectivity index (χ1v) is 6.76. The van der Waals surface area contributed by atoms with Gasteiger partial charge in [0.2, 0.25) is 0 Å². The van der Waals surface area contributed by atoms with Crippen molar-refractivity contribution in [3.05, 3.63) is 29.6 Å². The van der Waals surface area contributed by atoms with Crippen molar-refractivity contribution < 1.29 is 19.1 Å². The number of carboxylic acid groups (broad SMARTS) is 1. The quantitative estimate of drug-likeness (QED) is 0.827. The molecular weight excluding hydrogens is 277 g/mol. The van der Waals surface area contributed by atoms with Crippen LogP contribution < -0.4 is 10.6 Å². The highest BCUT2D eigenvalue weighted by atomic mass is 19.1. The SMILES string of the molecule is NC(=O)c1c(F)cccc1N1CCN(CCC(=O)O)CC1. The predicted octanol–water partition coefficient (Wildman–Crippen LogP) is 0.521. The average molecular weight is 295 g/mol. The van der Waals surface area contributed by atoms with Crippen LogP contribution in [0.25, 0.3) is 0 Å². The zero-order chi connectivity index (χ0) is 15.4. The molecule has 2 rings (SSSR count). The molecule has 3 N–H and O–H groups in total. The van der Waals surface area contributed by atoms with Gasteiger partial charge in [0, 0.05) is 32.7 Å². The molecule has 1 aromatic carbocycles. The lowest BCUT2D eigenvalue weighted by Gasteiger charge is -2.36. The van der Waals surface area contributed by atoms with Gasteiger partial charge >= 0.3 is 5.97 Å². The maximum absolute atomic E-state index is 13.7. The highest BCUT2D eigenvalue weighted by molar-refractivity contribution is 5.99. The van der Waals surface area contributed by atoms with Gasteiger partial charge in [-0.2, -0.15) is 0 Å². The van der Waals surface area contributed by atoms with Gasteiger partial charge in [0.25, 0.3) is 5.91 Å². The van der Waals surface area contributed by atoms with Crippen LogP contribution in [-0.4, -0.2) is 54.6 Å². The molecule has 1 heterocycles. The van der Waals surface area contributed by atoms with E-state index in [0.29, 0.717) is 38.4 Å². The molecule has 0 radical (unpaired) electrons. The first-order valence-electron chi connectivity index (χ1n) is 6.76. The van der Waals surface area contributed by atoms with Gasteiger partial charge in [-0.25, -0.2) is 4.39 Å². The van der Waals surface area contributed by atoms with Crippen LogP contribution in [0.1, 0.15) is 16.8 Å². The summed E-state index contributed by atoms with van der Waals surface area (Å²) in [6.07, 6.45) is 0.104. The van der Waals surface area contributed by atoms with Gasteiger partial charge in [-0.15, -0.1) is 0 Å². The largest absolute Gasteiger partial charge is 0.481 e. The van der Waals surface area contributed by atoms with Crippen molar-refractivity contribution in [2.45, 2.75) is 6.42 Å². The van der Waals surface area contributed by atoms with Gasteiger partial charge in [-0.1, -0.05) is 6.07 Å². The first-order chi connectivity index (χ1) is 9.99. The fourth-order valence-electron chi connectivity index (χ4n) is 2.49. The van der Waals surface area contributed by atoms with E-state index in [0.717, 1.165) is 0 Å². The molecule has 114 valence electrons. The smallest absolute Gasteiger partial charge is 0.304 e. The van der Waals surface area contributed by atoms with E-state index in [1.165, 1.54) is 6.07 Å². The minimum absolute atomic E-state index is 0.0866. The molecule has 1 aliphatic heterocycles. The minimum atomic E-state index is -0.821. The molecule has 0 saturated carbocycles. The highest BCUT2D eigenvalue weighted by Gasteiger charge is 2.22. The number of benzene rings is 1. The number of rotatable bonds is 5. The van der Waals surface area contributed by atoms with Crippen LogP contribution >= 0.6 is 0 Å². The maximum atomic E-state index is 13.7. The second-order valence-electron chi connectivity index (χ2n) is 4.97. The number of aliphatic carboxylic acids is 1. The third kappa shape index (κ3) is 3.69. The van der Waals surface area contributed by atoms with E-state index >= 15 is 0 Å². The van der Waals surface area contributed by atoms with Crippen molar-refractivity contribution in [3.63, 3.8) is 0 Å². The maximum Gasteiger partial charge on any atom is 0.304 e. The van der Waals surface area contributed by atoms with Gasteiger partial charge in [0.05, 0.1) is 17.7 Å². The minimum Gasteiger partial charge on any atom is -0.481 e. The Labute approximate surface area is 121 Å². The molecule has 21 heavy (non-hydrogen) atoms. The van der Waals surface area contributed by atoms with E-state index in [1.54, 1.807) is 12.1 Å². The lowest BCUT2D eigenvalue weighted by atomic mass is 10.1. The molecule has 1 fully saturated rings. The van der Waals surface area contributed by atoms with Gasteiger partial charge < -0.3 is 15.7 Å². The Kier molecular flexibility index (Phi) is 4.74. The zero-order valence-corrected chi connectivity index (χ0v) is 11.6. The van der Waals surface area contributed by atoms with Gasteiger partial charge in [0.15, 0.2) is 0 Å². The summed E-state index contributed by atoms with van der Waals surface area (Å²) in [7, 11) is 0. The molecule has 0 aliphatic carbocycles. The second-order valence-corrected chi connectivity index (χ2v) is 4.97. The van der Waals surface area contributed by atoms with E-state index in [1.807, 2.05) is 9.80 Å². The van der Waals surface area contributed by atoms with Gasteiger partial charge in [-0.3, -0.25) is 14.5 Å². The van der Waals surface area contributed by atoms with Crippen LogP contribution in [0.5, 0.6) is 0 Å². The number of primary amides is 1. The van der Waals surface area contributed by atoms with Crippen molar-refractivity contribution in [2.24, 2.45) is 5.73 Å². The number of hydrogen-bond acceptors (Lipinski definition) is 4. The third-order valence-corrected chi connectivity index (χ3v) is 3.59. The highest BCUT2D eigenvalue weighted by Crippen LogP contribution is 2.24. The van der Waals surface area contributed by atoms with Crippen LogP contribution in [0, 0.1) is 5.82 Å². The van der Waals surface area contributed by atoms with Crippen molar-refractivity contribution in [1.29, 1.82) is 0 Å². The number of piperazine rings is 1. The predicted molar refractivity (Wildman–Crippen MR) is 75.8 cm³/mol. The van der Waals surface area contributed by atoms with E-state index in [2.05, 4.69) is 0 Å². The summed E-state index contributed by atoms with van der Waals surface area (Å²) in [6.45, 7) is 3.03. The van der Waals surface area contributed by atoms with E-state index < -0.39 is 17.7 Å². The molecule has 6 nitrogen and oxygen atoms in total. The summed E-state index contributed by atoms with van der Waals surface area (Å²) < 4.78 is 13.7. The van der Waals surface area contributed by atoms with Crippen molar-refractivity contribution in [1.82, 2.24) is 4.90 Å². The summed E-state index contributed by atoms with van der Waals surface area (Å²) >= 11 is 0. The summed E-state index contributed by atoms with van der Waals surface area (Å²) in [5.74, 6) is -2.22. The Bertz CT molecular complexity index is 542. The Balaban J connectivity index is 2.04. The van der Waals surface area contributed by atoms with Crippen LogP contribution in [0.3, 0.4) is 0 Å². The Morgan fingerprint density at radius 2 is 1.90 bits per heavy atom. The number of anilines is 1. The number of carbonyl (C=O) groups excluding carboxylic acids is 1. The van der Waals surface area contributed by atoms with Crippen LogP contribution in [0.4, 0.5) is 10.1 Å². The number of hydrogen-bond donors (Lipinski definition) is 2. The molecule has 0 bridgehead atoms. The molecule has 7 heteroatoms. The van der Waals surface area contributed by atoms with Gasteiger partial charge in [-0.05, 0) is 12.1 Å². The number of nitrogens with zero attached hydrogens (tertiary/aromatic N) is 2. The number of carbonyl (C=O) groups is 2. The monoisotopic (exact) mass is 295 g/mol. The number of halogens is 1. The molecule has 1 saturated heterocycles. The van der Waals surface area contributed by atoms with Gasteiger partial charge in [0.1, 0.15) is 5.82 Å². The van der Waals surface area contributed by atoms with Crippen LogP contribution in [-0.2, 0) is 4.79 Å². The molecule has 0 aromatic heterocycles. The van der Waals surface area contributed by atoms with Crippen molar-refractivity contribution >= 4 is 17.6 Å². The summed E-state index contributed by atoms with van der Waals surface area (Å²) in [4.78, 5) is 25.9. The molecule has 0 atom stereocenters. The summed E-state index contributed by atoms with van der Waals surface area (Å²) in [6, 6.07) is 4.44. The van der Waals surface area contributed by atoms with Crippen LogP contribution in [0.15, 0.2) is 18.2 Å². The molecule has 0 unspecified atom stereocenters. The Morgan fingerprint density at radius 1 is 1.24 bits per heavy atom. The zero-order valence-electron chi connectivity index (χ0n) is 11.6. The Hall–Kier alpha value is -2.15.